The number of nitrogens with zero attached hydrogens (tertiary/aromatic N) is 3. The van der Waals surface area contributed by atoms with E-state index in [1.54, 1.807) is 0 Å². The zero-order valence-corrected chi connectivity index (χ0v) is 36.1. The first-order valence-electron chi connectivity index (χ1n) is 22.3. The van der Waals surface area contributed by atoms with Gasteiger partial charge >= 0.3 is 0 Å². The molecule has 0 bridgehead atoms. The Labute approximate surface area is 374 Å². The summed E-state index contributed by atoms with van der Waals surface area (Å²) in [5.41, 5.74) is 10.4. The van der Waals surface area contributed by atoms with Crippen molar-refractivity contribution in [2.24, 2.45) is 15.9 Å². The highest BCUT2D eigenvalue weighted by atomic mass is 32.1. The molecule has 2 unspecified atom stereocenters. The normalized spacial score (nSPS) is 15.5. The first kappa shape index (κ1) is 36.9. The molecule has 0 saturated heterocycles. The fourth-order valence-corrected chi connectivity index (χ4v) is 11.8. The Hall–Kier alpha value is -7.66. The summed E-state index contributed by atoms with van der Waals surface area (Å²) in [5, 5.41) is 12.3. The first-order valence-corrected chi connectivity index (χ1v) is 23.1. The van der Waals surface area contributed by atoms with Crippen LogP contribution in [0.15, 0.2) is 216 Å². The minimum atomic E-state index is -0.221. The predicted octanol–water partition coefficient (Wildman–Crippen LogP) is 16.3. The van der Waals surface area contributed by atoms with E-state index in [-0.39, 0.29) is 12.0 Å². The zero-order chi connectivity index (χ0) is 42.3. The lowest BCUT2D eigenvalue weighted by Crippen LogP contribution is -2.28. The van der Waals surface area contributed by atoms with E-state index in [0.717, 1.165) is 40.2 Å². The lowest BCUT2D eigenvalue weighted by molar-refractivity contribution is 0.535. The Kier molecular flexibility index (Phi) is 8.50. The Morgan fingerprint density at radius 1 is 0.469 bits per heavy atom. The van der Waals surface area contributed by atoms with Crippen molar-refractivity contribution in [2.45, 2.75) is 19.4 Å². The molecule has 2 aromatic heterocycles. The molecule has 2 atom stereocenters. The van der Waals surface area contributed by atoms with Crippen LogP contribution in [-0.4, -0.2) is 16.1 Å². The van der Waals surface area contributed by atoms with E-state index in [2.05, 4.69) is 218 Å². The summed E-state index contributed by atoms with van der Waals surface area (Å²) in [4.78, 5) is 11.6. The standard InChI is InChI=1S/C60H41N3S/c1-2-44-58(39-30-28-38(29-31-39)37-16-4-3-5-17-37)61-60(51-33-42-20-8-9-21-45(42)46-22-10-11-23-47(46)51)62-59(44)52-35-43(36-56-57(52)49-25-13-15-27-55(49)64-56)63-53-26-14-12-24-48(53)50-32-40-18-6-7-19-41(40)34-54(50)63/h3-36,44,59H,2H2,1H3. The molecular formula is C60H41N3S. The number of fused-ring (bicyclic) bond motifs is 10. The highest BCUT2D eigenvalue weighted by Gasteiger charge is 2.34. The van der Waals surface area contributed by atoms with Crippen LogP contribution in [0.25, 0.3) is 91.1 Å². The maximum Gasteiger partial charge on any atom is 0.156 e. The van der Waals surface area contributed by atoms with Gasteiger partial charge in [0.05, 0.1) is 22.8 Å². The van der Waals surface area contributed by atoms with E-state index in [1.807, 2.05) is 11.3 Å². The fourth-order valence-electron chi connectivity index (χ4n) is 10.6. The maximum atomic E-state index is 5.92. The molecule has 1 aliphatic rings. The summed E-state index contributed by atoms with van der Waals surface area (Å²) in [6.07, 6.45) is 0.869. The van der Waals surface area contributed by atoms with Crippen LogP contribution in [0.3, 0.4) is 0 Å². The van der Waals surface area contributed by atoms with E-state index in [9.17, 15) is 0 Å². The molecule has 0 amide bonds. The molecule has 0 radical (unpaired) electrons. The Morgan fingerprint density at radius 3 is 1.89 bits per heavy atom. The molecule has 3 heterocycles. The lowest BCUT2D eigenvalue weighted by Gasteiger charge is -2.31. The van der Waals surface area contributed by atoms with Gasteiger partial charge in [0.2, 0.25) is 0 Å². The molecule has 10 aromatic carbocycles. The van der Waals surface area contributed by atoms with Gasteiger partial charge in [-0.05, 0) is 103 Å². The number of aromatic nitrogens is 1. The SMILES string of the molecule is CCC1C(c2ccc(-c3ccccc3)cc2)=NC(c2cc3ccccc3c3ccccc23)=NC1c1cc(-n2c3ccccc3c3cc4ccccc4cc32)cc2sc3ccccc3c12. The molecule has 13 rings (SSSR count). The van der Waals surface area contributed by atoms with Gasteiger partial charge in [-0.25, -0.2) is 4.99 Å². The van der Waals surface area contributed by atoms with Gasteiger partial charge in [0.1, 0.15) is 0 Å². The van der Waals surface area contributed by atoms with Gasteiger partial charge in [-0.2, -0.15) is 0 Å². The minimum Gasteiger partial charge on any atom is -0.309 e. The van der Waals surface area contributed by atoms with Crippen molar-refractivity contribution in [2.75, 3.05) is 0 Å². The van der Waals surface area contributed by atoms with Gasteiger partial charge in [-0.1, -0.05) is 171 Å². The molecule has 302 valence electrons. The van der Waals surface area contributed by atoms with Gasteiger partial charge < -0.3 is 4.57 Å². The maximum absolute atomic E-state index is 5.92. The monoisotopic (exact) mass is 835 g/mol. The molecule has 1 aliphatic heterocycles. The number of rotatable bonds is 6. The average Bonchev–Trinajstić information content (AvgIpc) is 3.90. The number of hydrogen-bond donors (Lipinski definition) is 0. The van der Waals surface area contributed by atoms with E-state index in [0.29, 0.717) is 0 Å². The number of hydrogen-bond acceptors (Lipinski definition) is 3. The second-order valence-corrected chi connectivity index (χ2v) is 18.2. The van der Waals surface area contributed by atoms with Crippen LogP contribution in [0.2, 0.25) is 0 Å². The van der Waals surface area contributed by atoms with Crippen LogP contribution in [-0.2, 0) is 0 Å². The highest BCUT2D eigenvalue weighted by molar-refractivity contribution is 7.25. The second kappa shape index (κ2) is 14.7. The summed E-state index contributed by atoms with van der Waals surface area (Å²) < 4.78 is 5.04. The van der Waals surface area contributed by atoms with Crippen molar-refractivity contribution >= 4 is 97.2 Å². The minimum absolute atomic E-state index is 0.0113. The summed E-state index contributed by atoms with van der Waals surface area (Å²) >= 11 is 1.88. The third-order valence-electron chi connectivity index (χ3n) is 13.6. The molecule has 64 heavy (non-hydrogen) atoms. The molecule has 0 spiro atoms. The van der Waals surface area contributed by atoms with Gasteiger partial charge in [0.15, 0.2) is 5.84 Å². The third kappa shape index (κ3) is 5.79. The summed E-state index contributed by atoms with van der Waals surface area (Å²) in [6, 6.07) is 75.4. The van der Waals surface area contributed by atoms with E-state index >= 15 is 0 Å². The van der Waals surface area contributed by atoms with Crippen LogP contribution < -0.4 is 0 Å². The van der Waals surface area contributed by atoms with Crippen LogP contribution in [0.4, 0.5) is 0 Å². The molecule has 0 fully saturated rings. The lowest BCUT2D eigenvalue weighted by atomic mass is 9.81. The Balaban J connectivity index is 1.10. The van der Waals surface area contributed by atoms with Crippen molar-refractivity contribution in [1.82, 2.24) is 4.57 Å². The number of aliphatic imine (C=N–C) groups is 2. The van der Waals surface area contributed by atoms with Crippen molar-refractivity contribution in [3.63, 3.8) is 0 Å². The Morgan fingerprint density at radius 2 is 1.09 bits per heavy atom. The number of amidine groups is 1. The second-order valence-electron chi connectivity index (χ2n) is 17.1. The molecule has 0 N–H and O–H groups in total. The van der Waals surface area contributed by atoms with E-state index in [1.165, 1.54) is 85.6 Å². The average molecular weight is 836 g/mol. The highest BCUT2D eigenvalue weighted by Crippen LogP contribution is 2.47. The molecule has 0 saturated carbocycles. The van der Waals surface area contributed by atoms with Crippen molar-refractivity contribution < 1.29 is 0 Å². The fraction of sp³-hybridized carbons (Fsp3) is 0.0667. The molecule has 4 heteroatoms. The summed E-state index contributed by atoms with van der Waals surface area (Å²) in [6.45, 7) is 2.31. The summed E-state index contributed by atoms with van der Waals surface area (Å²) in [7, 11) is 0. The smallest absolute Gasteiger partial charge is 0.156 e. The number of benzene rings is 10. The third-order valence-corrected chi connectivity index (χ3v) is 14.7. The van der Waals surface area contributed by atoms with E-state index in [4.69, 9.17) is 9.98 Å². The quantitative estimate of drug-likeness (QED) is 0.149. The number of thiophene rings is 1. The molecule has 0 aliphatic carbocycles. The Bertz CT molecular complexity index is 3890. The summed E-state index contributed by atoms with van der Waals surface area (Å²) in [5.74, 6) is 0.789. The molecule has 12 aromatic rings. The number of para-hydroxylation sites is 1. The van der Waals surface area contributed by atoms with Crippen LogP contribution in [0.5, 0.6) is 0 Å². The van der Waals surface area contributed by atoms with Crippen LogP contribution >= 0.6 is 11.3 Å². The van der Waals surface area contributed by atoms with Crippen LogP contribution in [0, 0.1) is 5.92 Å². The van der Waals surface area contributed by atoms with Gasteiger partial charge in [0, 0.05) is 48.1 Å². The predicted molar refractivity (Wildman–Crippen MR) is 274 cm³/mol. The molecular weight excluding hydrogens is 795 g/mol. The van der Waals surface area contributed by atoms with Crippen molar-refractivity contribution in [1.29, 1.82) is 0 Å². The topological polar surface area (TPSA) is 29.6 Å². The van der Waals surface area contributed by atoms with Crippen LogP contribution in [0.1, 0.15) is 36.1 Å². The van der Waals surface area contributed by atoms with Crippen molar-refractivity contribution in [3.8, 4) is 16.8 Å². The van der Waals surface area contributed by atoms with Gasteiger partial charge in [0.25, 0.3) is 0 Å². The molecule has 3 nitrogen and oxygen atoms in total. The van der Waals surface area contributed by atoms with Gasteiger partial charge in [-0.3, -0.25) is 4.99 Å². The largest absolute Gasteiger partial charge is 0.309 e. The van der Waals surface area contributed by atoms with Gasteiger partial charge in [-0.15, -0.1) is 11.3 Å². The zero-order valence-electron chi connectivity index (χ0n) is 35.2. The van der Waals surface area contributed by atoms with Crippen molar-refractivity contribution in [3.05, 3.63) is 223 Å². The van der Waals surface area contributed by atoms with E-state index < -0.39 is 0 Å². The first-order chi connectivity index (χ1) is 31.7.